The summed E-state index contributed by atoms with van der Waals surface area (Å²) in [5.41, 5.74) is 3.34. The van der Waals surface area contributed by atoms with Crippen LogP contribution in [0.2, 0.25) is 5.02 Å². The predicted octanol–water partition coefficient (Wildman–Crippen LogP) is 6.99. The summed E-state index contributed by atoms with van der Waals surface area (Å²) in [6, 6.07) is 13.0. The van der Waals surface area contributed by atoms with Crippen LogP contribution in [0.3, 0.4) is 0 Å². The number of amides is 2. The van der Waals surface area contributed by atoms with E-state index in [4.69, 9.17) is 21.1 Å². The Hall–Kier alpha value is -4.57. The molecule has 0 bridgehead atoms. The summed E-state index contributed by atoms with van der Waals surface area (Å²) in [4.78, 5) is 38.7. The maximum atomic E-state index is 13.0. The number of carbonyl (C=O) groups excluding carboxylic acids is 2. The maximum absolute atomic E-state index is 13.0. The fourth-order valence-corrected chi connectivity index (χ4v) is 6.06. The maximum Gasteiger partial charge on any atom is 0.253 e. The average Bonchev–Trinajstić information content (AvgIpc) is 3.09. The van der Waals surface area contributed by atoms with Crippen LogP contribution in [0, 0.1) is 18.3 Å². The van der Waals surface area contributed by atoms with E-state index in [1.807, 2.05) is 50.5 Å². The Bertz CT molecular complexity index is 1750. The molecule has 50 heavy (non-hydrogen) atoms. The Kier molecular flexibility index (Phi) is 12.1. The Morgan fingerprint density at radius 1 is 0.840 bits per heavy atom. The molecule has 4 heterocycles. The number of nitrogens with one attached hydrogen (secondary N) is 2. The topological polar surface area (TPSA) is 119 Å². The van der Waals surface area contributed by atoms with E-state index < -0.39 is 0 Å². The quantitative estimate of drug-likeness (QED) is 0.153. The van der Waals surface area contributed by atoms with E-state index in [9.17, 15) is 9.59 Å². The number of pyridine rings is 4. The molecule has 0 aromatic carbocycles. The van der Waals surface area contributed by atoms with Gasteiger partial charge in [-0.05, 0) is 75.3 Å². The molecule has 4 aromatic heterocycles. The Labute approximate surface area is 300 Å². The van der Waals surface area contributed by atoms with Gasteiger partial charge in [0.15, 0.2) is 18.0 Å². The Balaban J connectivity index is 1.08. The molecule has 5 rings (SSSR count). The number of halogens is 1. The number of nitrogens with zero attached hydrogens (tertiary/aromatic N) is 4. The highest BCUT2D eigenvalue weighted by Crippen LogP contribution is 2.32. The van der Waals surface area contributed by atoms with Gasteiger partial charge < -0.3 is 20.1 Å². The molecule has 2 amide bonds. The van der Waals surface area contributed by atoms with Crippen molar-refractivity contribution in [3.05, 3.63) is 107 Å². The van der Waals surface area contributed by atoms with E-state index in [-0.39, 0.29) is 42.0 Å². The van der Waals surface area contributed by atoms with Crippen molar-refractivity contribution in [1.29, 1.82) is 0 Å². The summed E-state index contributed by atoms with van der Waals surface area (Å²) >= 11 is 6.51. The van der Waals surface area contributed by atoms with E-state index in [1.165, 1.54) is 0 Å². The lowest BCUT2D eigenvalue weighted by atomic mass is 9.82. The minimum absolute atomic E-state index is 0.0222. The van der Waals surface area contributed by atoms with Crippen LogP contribution in [0.5, 0.6) is 11.5 Å². The first-order valence-electron chi connectivity index (χ1n) is 17.2. The van der Waals surface area contributed by atoms with Gasteiger partial charge in [0.1, 0.15) is 24.0 Å². The molecule has 0 radical (unpaired) electrons. The zero-order chi connectivity index (χ0) is 35.8. The molecule has 1 aliphatic carbocycles. The summed E-state index contributed by atoms with van der Waals surface area (Å²) in [7, 11) is 0. The third kappa shape index (κ3) is 10.2. The van der Waals surface area contributed by atoms with Crippen LogP contribution in [0.25, 0.3) is 0 Å². The second kappa shape index (κ2) is 16.4. The van der Waals surface area contributed by atoms with Gasteiger partial charge in [-0.25, -0.2) is 0 Å². The third-order valence-corrected chi connectivity index (χ3v) is 9.73. The third-order valence-electron chi connectivity index (χ3n) is 9.52. The van der Waals surface area contributed by atoms with E-state index in [1.54, 1.807) is 36.8 Å². The zero-order valence-corrected chi connectivity index (χ0v) is 30.5. The van der Waals surface area contributed by atoms with Crippen LogP contribution in [-0.4, -0.2) is 38.8 Å². The lowest BCUT2D eigenvalue weighted by molar-refractivity contribution is -0.726. The van der Waals surface area contributed by atoms with Crippen molar-refractivity contribution < 1.29 is 23.6 Å². The number of aryl methyl sites for hydroxylation is 1. The van der Waals surface area contributed by atoms with Crippen molar-refractivity contribution in [1.82, 2.24) is 25.6 Å². The first-order valence-corrected chi connectivity index (χ1v) is 17.6. The van der Waals surface area contributed by atoms with Gasteiger partial charge in [-0.1, -0.05) is 32.4 Å². The lowest BCUT2D eigenvalue weighted by Crippen LogP contribution is -2.44. The molecular formula is C39H48ClN6O4+. The van der Waals surface area contributed by atoms with Crippen LogP contribution >= 0.6 is 11.6 Å². The molecule has 2 N–H and O–H groups in total. The fourth-order valence-electron chi connectivity index (χ4n) is 5.84. The van der Waals surface area contributed by atoms with E-state index in [0.717, 1.165) is 42.8 Å². The number of carbonyl (C=O) groups is 2. The normalized spacial score (nSPS) is 17.3. The van der Waals surface area contributed by atoms with Crippen LogP contribution in [0.15, 0.2) is 73.4 Å². The molecule has 11 heteroatoms. The number of aromatic nitrogens is 4. The number of hydrogen-bond donors (Lipinski definition) is 2. The summed E-state index contributed by atoms with van der Waals surface area (Å²) in [5.74, 6) is 1.48. The fraction of sp³-hybridized carbons (Fsp3) is 0.436. The molecule has 0 saturated heterocycles. The first kappa shape index (κ1) is 36.7. The van der Waals surface area contributed by atoms with Crippen LogP contribution in [0.1, 0.15) is 104 Å². The van der Waals surface area contributed by atoms with Gasteiger partial charge in [0.05, 0.1) is 22.5 Å². The monoisotopic (exact) mass is 699 g/mol. The van der Waals surface area contributed by atoms with Crippen LogP contribution in [0.4, 0.5) is 0 Å². The molecule has 264 valence electrons. The van der Waals surface area contributed by atoms with Crippen molar-refractivity contribution in [2.75, 3.05) is 0 Å². The summed E-state index contributed by atoms with van der Waals surface area (Å²) in [6.45, 7) is 12.8. The van der Waals surface area contributed by atoms with E-state index in [0.29, 0.717) is 40.1 Å². The summed E-state index contributed by atoms with van der Waals surface area (Å²) < 4.78 is 14.0. The number of ether oxygens (including phenoxy) is 2. The molecule has 0 spiro atoms. The average molecular weight is 700 g/mol. The molecule has 10 nitrogen and oxygen atoms in total. The number of rotatable bonds is 12. The van der Waals surface area contributed by atoms with Gasteiger partial charge >= 0.3 is 0 Å². The van der Waals surface area contributed by atoms with Crippen molar-refractivity contribution in [3.8, 4) is 11.5 Å². The molecule has 4 aromatic rings. The highest BCUT2D eigenvalue weighted by Gasteiger charge is 2.31. The molecule has 2 atom stereocenters. The summed E-state index contributed by atoms with van der Waals surface area (Å²) in [5, 5.41) is 6.82. The van der Waals surface area contributed by atoms with E-state index in [2.05, 4.69) is 57.8 Å². The van der Waals surface area contributed by atoms with Gasteiger partial charge in [0, 0.05) is 61.3 Å². The zero-order valence-electron chi connectivity index (χ0n) is 29.8. The largest absolute Gasteiger partial charge is 0.487 e. The summed E-state index contributed by atoms with van der Waals surface area (Å²) in [6.07, 6.45) is 12.7. The molecule has 0 aliphatic heterocycles. The number of hydrogen-bond acceptors (Lipinski definition) is 7. The highest BCUT2D eigenvalue weighted by atomic mass is 35.5. The van der Waals surface area contributed by atoms with Gasteiger partial charge in [-0.15, -0.1) is 0 Å². The lowest BCUT2D eigenvalue weighted by Gasteiger charge is -2.30. The van der Waals surface area contributed by atoms with E-state index >= 15 is 0 Å². The van der Waals surface area contributed by atoms with Crippen molar-refractivity contribution in [2.45, 2.75) is 98.6 Å². The van der Waals surface area contributed by atoms with Crippen LogP contribution < -0.4 is 24.7 Å². The van der Waals surface area contributed by atoms with Crippen molar-refractivity contribution >= 4 is 23.4 Å². The molecule has 2 unspecified atom stereocenters. The minimum Gasteiger partial charge on any atom is -0.487 e. The van der Waals surface area contributed by atoms with Gasteiger partial charge in [-0.3, -0.25) is 24.5 Å². The molecular weight excluding hydrogens is 652 g/mol. The molecule has 1 fully saturated rings. The van der Waals surface area contributed by atoms with Crippen molar-refractivity contribution in [2.24, 2.45) is 11.3 Å². The predicted molar refractivity (Wildman–Crippen MR) is 192 cm³/mol. The first-order chi connectivity index (χ1) is 23.8. The van der Waals surface area contributed by atoms with Gasteiger partial charge in [-0.2, -0.15) is 4.57 Å². The van der Waals surface area contributed by atoms with Crippen molar-refractivity contribution in [3.63, 3.8) is 0 Å². The minimum atomic E-state index is -0.142. The Morgan fingerprint density at radius 2 is 1.44 bits per heavy atom. The molecule has 1 aliphatic rings. The smallest absolute Gasteiger partial charge is 0.253 e. The van der Waals surface area contributed by atoms with Gasteiger partial charge in [0.25, 0.3) is 11.8 Å². The second-order valence-corrected chi connectivity index (χ2v) is 14.8. The second-order valence-electron chi connectivity index (χ2n) is 14.3. The van der Waals surface area contributed by atoms with Crippen LogP contribution in [-0.2, 0) is 13.2 Å². The Morgan fingerprint density at radius 3 is 2.00 bits per heavy atom. The molecule has 1 saturated carbocycles. The highest BCUT2D eigenvalue weighted by molar-refractivity contribution is 6.30. The SMILES string of the molecule is Cc1cc(OCc2ccc(C(=O)NC(C)C3CCC([n+]4cc(Cl)cc(OCc5ccc(C(=O)NC(C)C(C)(C)C)cn5)c4)CC3)cn2)ccn1. The standard InChI is InChI=1S/C39H47ClN6O4/c1-25-17-35(15-16-41-25)49-23-32-11-7-29(19-42-32)37(47)44-26(2)28-9-13-34(14-10-28)46-21-31(40)18-36(22-46)50-24-33-12-8-30(20-43-33)38(48)45-27(3)39(4,5)6/h7-8,11-12,15-22,26-28,34H,9-10,13-14,23-24H2,1-6H3,(H-,44,45,47,48)/p+1. The van der Waals surface area contributed by atoms with Gasteiger partial charge in [0.2, 0.25) is 6.20 Å².